The van der Waals surface area contributed by atoms with Crippen LogP contribution in [-0.4, -0.2) is 7.05 Å². The summed E-state index contributed by atoms with van der Waals surface area (Å²) in [5.41, 5.74) is 4.44. The SMILES string of the molecule is CNC(C)c1ccc(Sc2ccc3c(c2)CCC3)cc1. The van der Waals surface area contributed by atoms with Gasteiger partial charge in [-0.2, -0.15) is 0 Å². The van der Waals surface area contributed by atoms with Gasteiger partial charge >= 0.3 is 0 Å². The van der Waals surface area contributed by atoms with Crippen LogP contribution >= 0.6 is 11.8 Å². The number of nitrogens with one attached hydrogen (secondary N) is 1. The van der Waals surface area contributed by atoms with Gasteiger partial charge in [-0.15, -0.1) is 0 Å². The van der Waals surface area contributed by atoms with Crippen LogP contribution in [-0.2, 0) is 12.8 Å². The maximum absolute atomic E-state index is 3.27. The minimum Gasteiger partial charge on any atom is -0.313 e. The molecule has 2 heteroatoms. The van der Waals surface area contributed by atoms with Crippen LogP contribution in [0.15, 0.2) is 52.3 Å². The molecule has 0 saturated carbocycles. The van der Waals surface area contributed by atoms with E-state index in [9.17, 15) is 0 Å². The van der Waals surface area contributed by atoms with Crippen LogP contribution < -0.4 is 5.32 Å². The van der Waals surface area contributed by atoms with Crippen LogP contribution in [0.5, 0.6) is 0 Å². The third-order valence-electron chi connectivity index (χ3n) is 4.12. The zero-order valence-corrected chi connectivity index (χ0v) is 13.0. The zero-order chi connectivity index (χ0) is 13.9. The topological polar surface area (TPSA) is 12.0 Å². The number of fused-ring (bicyclic) bond motifs is 1. The van der Waals surface area contributed by atoms with Gasteiger partial charge in [-0.3, -0.25) is 0 Å². The summed E-state index contributed by atoms with van der Waals surface area (Å²) in [6.45, 7) is 2.18. The van der Waals surface area contributed by atoms with Gasteiger partial charge in [-0.25, -0.2) is 0 Å². The quantitative estimate of drug-likeness (QED) is 0.879. The summed E-state index contributed by atoms with van der Waals surface area (Å²) < 4.78 is 0. The second-order valence-corrected chi connectivity index (χ2v) is 6.61. The van der Waals surface area contributed by atoms with Crippen molar-refractivity contribution in [2.45, 2.75) is 42.0 Å². The normalized spacial score (nSPS) is 15.1. The maximum atomic E-state index is 3.27. The summed E-state index contributed by atoms with van der Waals surface area (Å²) in [5, 5.41) is 3.27. The standard InChI is InChI=1S/C18H21NS/c1-13(19-2)14-6-9-17(10-7-14)20-18-11-8-15-4-3-5-16(15)12-18/h6-13,19H,3-5H2,1-2H3. The number of aryl methyl sites for hydroxylation is 2. The molecule has 1 aliphatic carbocycles. The Labute approximate surface area is 125 Å². The molecule has 104 valence electrons. The molecule has 0 spiro atoms. The van der Waals surface area contributed by atoms with Crippen molar-refractivity contribution in [2.75, 3.05) is 7.05 Å². The summed E-state index contributed by atoms with van der Waals surface area (Å²) in [4.78, 5) is 2.68. The number of hydrogen-bond donors (Lipinski definition) is 1. The molecule has 0 saturated heterocycles. The van der Waals surface area contributed by atoms with E-state index >= 15 is 0 Å². The second kappa shape index (κ2) is 6.02. The molecule has 2 aromatic rings. The Bertz CT molecular complexity index is 589. The van der Waals surface area contributed by atoms with Gasteiger partial charge in [-0.05, 0) is 74.2 Å². The van der Waals surface area contributed by atoms with Crippen molar-refractivity contribution in [3.8, 4) is 0 Å². The molecular formula is C18H21NS. The van der Waals surface area contributed by atoms with Gasteiger partial charge in [0.15, 0.2) is 0 Å². The summed E-state index contributed by atoms with van der Waals surface area (Å²) in [6.07, 6.45) is 3.83. The lowest BCUT2D eigenvalue weighted by Crippen LogP contribution is -2.11. The van der Waals surface area contributed by atoms with Crippen molar-refractivity contribution in [1.29, 1.82) is 0 Å². The first kappa shape index (κ1) is 13.7. The van der Waals surface area contributed by atoms with Crippen molar-refractivity contribution in [3.63, 3.8) is 0 Å². The summed E-state index contributed by atoms with van der Waals surface area (Å²) in [7, 11) is 2.00. The van der Waals surface area contributed by atoms with E-state index in [0.29, 0.717) is 6.04 Å². The Morgan fingerprint density at radius 2 is 1.65 bits per heavy atom. The molecule has 0 fully saturated rings. The van der Waals surface area contributed by atoms with E-state index < -0.39 is 0 Å². The van der Waals surface area contributed by atoms with Gasteiger partial charge < -0.3 is 5.32 Å². The van der Waals surface area contributed by atoms with E-state index in [4.69, 9.17) is 0 Å². The molecule has 1 atom stereocenters. The van der Waals surface area contributed by atoms with Gasteiger partial charge in [0.25, 0.3) is 0 Å². The molecule has 2 aromatic carbocycles. The van der Waals surface area contributed by atoms with E-state index in [1.807, 2.05) is 18.8 Å². The highest BCUT2D eigenvalue weighted by Crippen LogP contribution is 2.32. The van der Waals surface area contributed by atoms with Gasteiger partial charge in [-0.1, -0.05) is 30.0 Å². The third kappa shape index (κ3) is 2.92. The molecule has 0 radical (unpaired) electrons. The second-order valence-electron chi connectivity index (χ2n) is 5.47. The van der Waals surface area contributed by atoms with Crippen LogP contribution in [0.25, 0.3) is 0 Å². The molecule has 20 heavy (non-hydrogen) atoms. The minimum atomic E-state index is 0.411. The van der Waals surface area contributed by atoms with Crippen molar-refractivity contribution < 1.29 is 0 Å². The molecule has 1 N–H and O–H groups in total. The fourth-order valence-corrected chi connectivity index (χ4v) is 3.62. The average Bonchev–Trinajstić information content (AvgIpc) is 2.95. The molecule has 0 aromatic heterocycles. The van der Waals surface area contributed by atoms with Crippen molar-refractivity contribution in [2.24, 2.45) is 0 Å². The van der Waals surface area contributed by atoms with Crippen molar-refractivity contribution in [3.05, 3.63) is 59.2 Å². The van der Waals surface area contributed by atoms with Crippen LogP contribution in [0.4, 0.5) is 0 Å². The molecule has 3 rings (SSSR count). The van der Waals surface area contributed by atoms with E-state index in [0.717, 1.165) is 0 Å². The predicted molar refractivity (Wildman–Crippen MR) is 86.5 cm³/mol. The molecule has 0 aliphatic heterocycles. The first-order valence-corrected chi connectivity index (χ1v) is 8.15. The summed E-state index contributed by atoms with van der Waals surface area (Å²) in [5.74, 6) is 0. The Kier molecular flexibility index (Phi) is 4.13. The zero-order valence-electron chi connectivity index (χ0n) is 12.1. The fourth-order valence-electron chi connectivity index (χ4n) is 2.74. The van der Waals surface area contributed by atoms with Crippen LogP contribution in [0, 0.1) is 0 Å². The van der Waals surface area contributed by atoms with E-state index in [-0.39, 0.29) is 0 Å². The Morgan fingerprint density at radius 3 is 2.40 bits per heavy atom. The van der Waals surface area contributed by atoms with Gasteiger partial charge in [0, 0.05) is 15.8 Å². The molecule has 1 nitrogen and oxygen atoms in total. The molecule has 0 heterocycles. The Balaban J connectivity index is 1.74. The molecule has 1 aliphatic rings. The molecule has 0 bridgehead atoms. The monoisotopic (exact) mass is 283 g/mol. The lowest BCUT2D eigenvalue weighted by molar-refractivity contribution is 0.652. The van der Waals surface area contributed by atoms with Crippen LogP contribution in [0.2, 0.25) is 0 Å². The number of benzene rings is 2. The van der Waals surface area contributed by atoms with Gasteiger partial charge in [0.1, 0.15) is 0 Å². The van der Waals surface area contributed by atoms with Gasteiger partial charge in [0.05, 0.1) is 0 Å². The predicted octanol–water partition coefficient (Wildman–Crippen LogP) is 4.61. The maximum Gasteiger partial charge on any atom is 0.0289 e. The molecule has 0 amide bonds. The smallest absolute Gasteiger partial charge is 0.0289 e. The molecule has 1 unspecified atom stereocenters. The van der Waals surface area contributed by atoms with E-state index in [2.05, 4.69) is 54.7 Å². The lowest BCUT2D eigenvalue weighted by Gasteiger charge is -2.11. The molecular weight excluding hydrogens is 262 g/mol. The first-order valence-electron chi connectivity index (χ1n) is 7.33. The lowest BCUT2D eigenvalue weighted by atomic mass is 10.1. The van der Waals surface area contributed by atoms with Crippen LogP contribution in [0.1, 0.15) is 36.1 Å². The highest BCUT2D eigenvalue weighted by molar-refractivity contribution is 7.99. The van der Waals surface area contributed by atoms with E-state index in [1.54, 1.807) is 11.1 Å². The number of rotatable bonds is 4. The largest absolute Gasteiger partial charge is 0.313 e. The van der Waals surface area contributed by atoms with Crippen molar-refractivity contribution >= 4 is 11.8 Å². The Hall–Kier alpha value is -1.25. The van der Waals surface area contributed by atoms with E-state index in [1.165, 1.54) is 34.6 Å². The van der Waals surface area contributed by atoms with Crippen LogP contribution in [0.3, 0.4) is 0 Å². The average molecular weight is 283 g/mol. The highest BCUT2D eigenvalue weighted by atomic mass is 32.2. The number of hydrogen-bond acceptors (Lipinski definition) is 2. The first-order chi connectivity index (χ1) is 9.76. The third-order valence-corrected chi connectivity index (χ3v) is 5.12. The van der Waals surface area contributed by atoms with Crippen molar-refractivity contribution in [1.82, 2.24) is 5.32 Å². The minimum absolute atomic E-state index is 0.411. The summed E-state index contributed by atoms with van der Waals surface area (Å²) >= 11 is 1.86. The summed E-state index contributed by atoms with van der Waals surface area (Å²) in [6, 6.07) is 16.2. The Morgan fingerprint density at radius 1 is 0.950 bits per heavy atom. The highest BCUT2D eigenvalue weighted by Gasteiger charge is 2.11. The van der Waals surface area contributed by atoms with Gasteiger partial charge in [0.2, 0.25) is 0 Å². The fraction of sp³-hybridized carbons (Fsp3) is 0.333.